The van der Waals surface area contributed by atoms with Crippen molar-refractivity contribution in [1.82, 2.24) is 9.97 Å². The third-order valence-electron chi connectivity index (χ3n) is 2.57. The Morgan fingerprint density at radius 2 is 1.86 bits per heavy atom. The van der Waals surface area contributed by atoms with Crippen LogP contribution in [-0.4, -0.2) is 21.4 Å². The maximum Gasteiger partial charge on any atom is 0.275 e. The molecule has 22 heavy (non-hydrogen) atoms. The molecule has 0 atom stereocenters. The molecule has 2 rings (SSSR count). The van der Waals surface area contributed by atoms with Crippen LogP contribution in [0.3, 0.4) is 0 Å². The van der Waals surface area contributed by atoms with Gasteiger partial charge in [-0.3, -0.25) is 4.79 Å². The van der Waals surface area contributed by atoms with E-state index in [9.17, 15) is 4.79 Å². The van der Waals surface area contributed by atoms with E-state index in [0.717, 1.165) is 0 Å². The summed E-state index contributed by atoms with van der Waals surface area (Å²) in [4.78, 5) is 20.4. The molecule has 0 aliphatic carbocycles. The molecule has 1 heterocycles. The second kappa shape index (κ2) is 6.50. The topological polar surface area (TPSA) is 66.9 Å². The van der Waals surface area contributed by atoms with Crippen LogP contribution in [-0.2, 0) is 0 Å². The van der Waals surface area contributed by atoms with Gasteiger partial charge in [-0.1, -0.05) is 23.2 Å². The van der Waals surface area contributed by atoms with Gasteiger partial charge in [0.15, 0.2) is 0 Å². The van der Waals surface area contributed by atoms with Crippen LogP contribution in [0.4, 0.5) is 11.5 Å². The largest absolute Gasteiger partial charge is 0.364 e. The third kappa shape index (κ3) is 4.58. The van der Waals surface area contributed by atoms with Crippen molar-refractivity contribution in [3.8, 4) is 0 Å². The molecular weight excluding hydrogens is 323 g/mol. The first kappa shape index (κ1) is 16.5. The molecule has 5 nitrogen and oxygen atoms in total. The lowest BCUT2D eigenvalue weighted by Crippen LogP contribution is -2.27. The van der Waals surface area contributed by atoms with Crippen LogP contribution < -0.4 is 10.6 Å². The zero-order valence-electron chi connectivity index (χ0n) is 12.4. The predicted molar refractivity (Wildman–Crippen MR) is 89.8 cm³/mol. The fraction of sp³-hybridized carbons (Fsp3) is 0.267. The van der Waals surface area contributed by atoms with E-state index in [1.807, 2.05) is 20.8 Å². The molecular formula is C15H16Cl2N4O. The molecule has 116 valence electrons. The van der Waals surface area contributed by atoms with Crippen LogP contribution >= 0.6 is 23.2 Å². The lowest BCUT2D eigenvalue weighted by Gasteiger charge is -2.20. The van der Waals surface area contributed by atoms with E-state index in [1.54, 1.807) is 18.2 Å². The first-order chi connectivity index (χ1) is 10.2. The fourth-order valence-corrected chi connectivity index (χ4v) is 2.13. The van der Waals surface area contributed by atoms with Crippen molar-refractivity contribution in [2.45, 2.75) is 26.3 Å². The maximum absolute atomic E-state index is 12.1. The number of nitrogens with one attached hydrogen (secondary N) is 2. The molecule has 0 fully saturated rings. The van der Waals surface area contributed by atoms with Gasteiger partial charge in [0.05, 0.1) is 23.1 Å². The van der Waals surface area contributed by atoms with Gasteiger partial charge in [-0.05, 0) is 39.0 Å². The number of carbonyl (C=O) groups excluding carboxylic acids is 1. The average Bonchev–Trinajstić information content (AvgIpc) is 2.41. The zero-order chi connectivity index (χ0) is 16.3. The third-order valence-corrected chi connectivity index (χ3v) is 3.11. The summed E-state index contributed by atoms with van der Waals surface area (Å²) in [5.41, 5.74) is 0.537. The minimum Gasteiger partial charge on any atom is -0.364 e. The predicted octanol–water partition coefficient (Wildman–Crippen LogP) is 4.25. The Morgan fingerprint density at radius 1 is 1.14 bits per heavy atom. The summed E-state index contributed by atoms with van der Waals surface area (Å²) in [5, 5.41) is 6.70. The van der Waals surface area contributed by atoms with E-state index in [-0.39, 0.29) is 17.1 Å². The van der Waals surface area contributed by atoms with E-state index >= 15 is 0 Å². The monoisotopic (exact) mass is 338 g/mol. The number of rotatable bonds is 3. The number of anilines is 2. The van der Waals surface area contributed by atoms with Gasteiger partial charge in [0, 0.05) is 10.6 Å². The second-order valence-corrected chi connectivity index (χ2v) is 6.58. The van der Waals surface area contributed by atoms with Gasteiger partial charge in [-0.25, -0.2) is 9.97 Å². The lowest BCUT2D eigenvalue weighted by atomic mass is 10.1. The number of aromatic nitrogens is 2. The summed E-state index contributed by atoms with van der Waals surface area (Å²) in [6.07, 6.45) is 2.93. The lowest BCUT2D eigenvalue weighted by molar-refractivity contribution is 0.102. The molecule has 1 amide bonds. The van der Waals surface area contributed by atoms with E-state index < -0.39 is 0 Å². The molecule has 0 radical (unpaired) electrons. The Bertz CT molecular complexity index is 681. The van der Waals surface area contributed by atoms with Crippen LogP contribution in [0.2, 0.25) is 10.0 Å². The maximum atomic E-state index is 12.1. The van der Waals surface area contributed by atoms with Gasteiger partial charge < -0.3 is 10.6 Å². The summed E-state index contributed by atoms with van der Waals surface area (Å²) >= 11 is 11.8. The first-order valence-electron chi connectivity index (χ1n) is 6.61. The highest BCUT2D eigenvalue weighted by atomic mass is 35.5. The van der Waals surface area contributed by atoms with E-state index in [2.05, 4.69) is 20.6 Å². The SMILES string of the molecule is CC(C)(C)Nc1cnc(C(=O)Nc2ccc(Cl)cc2Cl)cn1. The van der Waals surface area contributed by atoms with Gasteiger partial charge in [-0.2, -0.15) is 0 Å². The molecule has 0 aliphatic rings. The molecule has 1 aromatic heterocycles. The number of hydrogen-bond donors (Lipinski definition) is 2. The minimum atomic E-state index is -0.390. The van der Waals surface area contributed by atoms with Gasteiger partial charge in [-0.15, -0.1) is 0 Å². The normalized spacial score (nSPS) is 11.1. The summed E-state index contributed by atoms with van der Waals surface area (Å²) < 4.78 is 0. The van der Waals surface area contributed by atoms with E-state index in [1.165, 1.54) is 12.4 Å². The second-order valence-electron chi connectivity index (χ2n) is 5.74. The molecule has 1 aromatic carbocycles. The molecule has 7 heteroatoms. The highest BCUT2D eigenvalue weighted by Gasteiger charge is 2.13. The molecule has 0 saturated heterocycles. The smallest absolute Gasteiger partial charge is 0.275 e. The Kier molecular flexibility index (Phi) is 4.88. The van der Waals surface area contributed by atoms with Gasteiger partial charge in [0.2, 0.25) is 0 Å². The Morgan fingerprint density at radius 3 is 2.41 bits per heavy atom. The molecule has 2 aromatic rings. The quantitative estimate of drug-likeness (QED) is 0.877. The van der Waals surface area contributed by atoms with E-state index in [0.29, 0.717) is 21.6 Å². The minimum absolute atomic E-state index is 0.130. The highest BCUT2D eigenvalue weighted by molar-refractivity contribution is 6.36. The number of halogens is 2. The van der Waals surface area contributed by atoms with Crippen molar-refractivity contribution in [2.75, 3.05) is 10.6 Å². The molecule has 2 N–H and O–H groups in total. The average molecular weight is 339 g/mol. The number of hydrogen-bond acceptors (Lipinski definition) is 4. The Balaban J connectivity index is 2.10. The van der Waals surface area contributed by atoms with Crippen LogP contribution in [0, 0.1) is 0 Å². The van der Waals surface area contributed by atoms with Crippen molar-refractivity contribution in [3.05, 3.63) is 46.3 Å². The van der Waals surface area contributed by atoms with Gasteiger partial charge in [0.25, 0.3) is 5.91 Å². The summed E-state index contributed by atoms with van der Waals surface area (Å²) in [6, 6.07) is 4.83. The van der Waals surface area contributed by atoms with Gasteiger partial charge in [0.1, 0.15) is 11.5 Å². The van der Waals surface area contributed by atoms with Crippen LogP contribution in [0.15, 0.2) is 30.6 Å². The molecule has 0 bridgehead atoms. The summed E-state index contributed by atoms with van der Waals surface area (Å²) in [6.45, 7) is 6.04. The van der Waals surface area contributed by atoms with Crippen molar-refractivity contribution in [2.24, 2.45) is 0 Å². The highest BCUT2D eigenvalue weighted by Crippen LogP contribution is 2.25. The number of amides is 1. The van der Waals surface area contributed by atoms with Crippen LogP contribution in [0.5, 0.6) is 0 Å². The number of nitrogens with zero attached hydrogens (tertiary/aromatic N) is 2. The fourth-order valence-electron chi connectivity index (χ4n) is 1.67. The van der Waals surface area contributed by atoms with Crippen molar-refractivity contribution in [3.63, 3.8) is 0 Å². The number of carbonyl (C=O) groups is 1. The standard InChI is InChI=1S/C15H16Cl2N4O/c1-15(2,3)21-13-8-18-12(7-19-13)14(22)20-11-5-4-9(16)6-10(11)17/h4-8H,1-3H3,(H,19,21)(H,20,22). The van der Waals surface area contributed by atoms with Crippen molar-refractivity contribution < 1.29 is 4.79 Å². The van der Waals surface area contributed by atoms with Crippen LogP contribution in [0.1, 0.15) is 31.3 Å². The van der Waals surface area contributed by atoms with Crippen molar-refractivity contribution in [1.29, 1.82) is 0 Å². The summed E-state index contributed by atoms with van der Waals surface area (Å²) in [5.74, 6) is 0.215. The van der Waals surface area contributed by atoms with Crippen molar-refractivity contribution >= 4 is 40.6 Å². The van der Waals surface area contributed by atoms with Crippen LogP contribution in [0.25, 0.3) is 0 Å². The number of benzene rings is 1. The molecule has 0 unspecified atom stereocenters. The zero-order valence-corrected chi connectivity index (χ0v) is 14.0. The molecule has 0 saturated carbocycles. The molecule has 0 spiro atoms. The van der Waals surface area contributed by atoms with E-state index in [4.69, 9.17) is 23.2 Å². The van der Waals surface area contributed by atoms with Gasteiger partial charge >= 0.3 is 0 Å². The summed E-state index contributed by atoms with van der Waals surface area (Å²) in [7, 11) is 0. The molecule has 0 aliphatic heterocycles. The first-order valence-corrected chi connectivity index (χ1v) is 7.37. The Hall–Kier alpha value is -1.85. The Labute approximate surface area is 139 Å².